The molecular weight excluding hydrogens is 252 g/mol. The Morgan fingerprint density at radius 1 is 1.20 bits per heavy atom. The fourth-order valence-corrected chi connectivity index (χ4v) is 2.16. The number of rotatable bonds is 6. The molecule has 5 heteroatoms. The van der Waals surface area contributed by atoms with Crippen LogP contribution in [0.25, 0.3) is 11.0 Å². The lowest BCUT2D eigenvalue weighted by Gasteiger charge is -2.26. The third kappa shape index (κ3) is 3.36. The van der Waals surface area contributed by atoms with Crippen molar-refractivity contribution >= 4 is 22.7 Å². The van der Waals surface area contributed by atoms with Crippen LogP contribution < -0.4 is 10.6 Å². The first-order valence-electron chi connectivity index (χ1n) is 6.88. The highest BCUT2D eigenvalue weighted by molar-refractivity contribution is 5.79. The van der Waals surface area contributed by atoms with Gasteiger partial charge in [0.15, 0.2) is 11.6 Å². The molecule has 0 aliphatic carbocycles. The molecule has 0 saturated heterocycles. The largest absolute Gasteiger partial charge is 0.383 e. The van der Waals surface area contributed by atoms with Crippen LogP contribution in [0, 0.1) is 5.92 Å². The zero-order chi connectivity index (χ0) is 14.5. The lowest BCUT2D eigenvalue weighted by Crippen LogP contribution is -2.32. The summed E-state index contributed by atoms with van der Waals surface area (Å²) in [5.74, 6) is 1.73. The summed E-state index contributed by atoms with van der Waals surface area (Å²) in [5.41, 5.74) is 7.77. The Balaban J connectivity index is 2.37. The molecule has 0 saturated carbocycles. The van der Waals surface area contributed by atoms with Crippen molar-refractivity contribution in [2.45, 2.75) is 13.8 Å². The third-order valence-electron chi connectivity index (χ3n) is 3.03. The number of fused-ring (bicyclic) bond motifs is 1. The number of hydrogen-bond acceptors (Lipinski definition) is 5. The molecule has 5 nitrogen and oxygen atoms in total. The zero-order valence-corrected chi connectivity index (χ0v) is 12.3. The molecule has 2 rings (SSSR count). The van der Waals surface area contributed by atoms with Crippen LogP contribution in [0.2, 0.25) is 0 Å². The smallest absolute Gasteiger partial charge is 0.172 e. The van der Waals surface area contributed by atoms with Crippen molar-refractivity contribution in [3.63, 3.8) is 0 Å². The molecule has 0 aliphatic rings. The highest BCUT2D eigenvalue weighted by Crippen LogP contribution is 2.23. The minimum absolute atomic E-state index is 0.473. The van der Waals surface area contributed by atoms with E-state index in [1.165, 1.54) is 0 Å². The van der Waals surface area contributed by atoms with E-state index in [2.05, 4.69) is 28.7 Å². The second-order valence-corrected chi connectivity index (χ2v) is 5.25. The van der Waals surface area contributed by atoms with Gasteiger partial charge in [-0.2, -0.15) is 0 Å². The molecule has 20 heavy (non-hydrogen) atoms. The number of nitrogens with two attached hydrogens (primary N) is 1. The summed E-state index contributed by atoms with van der Waals surface area (Å²) in [6.07, 6.45) is 0. The highest BCUT2D eigenvalue weighted by Gasteiger charge is 2.15. The van der Waals surface area contributed by atoms with Gasteiger partial charge in [-0.05, 0) is 18.1 Å². The Labute approximate surface area is 119 Å². The van der Waals surface area contributed by atoms with E-state index in [-0.39, 0.29) is 0 Å². The fourth-order valence-electron chi connectivity index (χ4n) is 2.16. The highest BCUT2D eigenvalue weighted by atomic mass is 16.5. The van der Waals surface area contributed by atoms with Crippen molar-refractivity contribution in [3.05, 3.63) is 24.3 Å². The molecule has 0 unspecified atom stereocenters. The van der Waals surface area contributed by atoms with Crippen molar-refractivity contribution in [3.8, 4) is 0 Å². The second-order valence-electron chi connectivity index (χ2n) is 5.25. The Morgan fingerprint density at radius 3 is 2.45 bits per heavy atom. The predicted octanol–water partition coefficient (Wildman–Crippen LogP) is 2.32. The van der Waals surface area contributed by atoms with E-state index in [0.29, 0.717) is 18.3 Å². The Bertz CT molecular complexity index is 571. The van der Waals surface area contributed by atoms with Gasteiger partial charge < -0.3 is 15.4 Å². The van der Waals surface area contributed by atoms with Gasteiger partial charge in [0.05, 0.1) is 17.6 Å². The van der Waals surface area contributed by atoms with Gasteiger partial charge in [0.25, 0.3) is 0 Å². The van der Waals surface area contributed by atoms with Crippen LogP contribution in [0.1, 0.15) is 13.8 Å². The molecule has 0 spiro atoms. The van der Waals surface area contributed by atoms with Gasteiger partial charge in [0.1, 0.15) is 0 Å². The van der Waals surface area contributed by atoms with Gasteiger partial charge in [-0.15, -0.1) is 0 Å². The maximum absolute atomic E-state index is 6.08. The Morgan fingerprint density at radius 2 is 1.85 bits per heavy atom. The average Bonchev–Trinajstić information content (AvgIpc) is 2.42. The predicted molar refractivity (Wildman–Crippen MR) is 82.9 cm³/mol. The summed E-state index contributed by atoms with van der Waals surface area (Å²) in [5, 5.41) is 0. The summed E-state index contributed by atoms with van der Waals surface area (Å²) >= 11 is 0. The van der Waals surface area contributed by atoms with Gasteiger partial charge in [-0.1, -0.05) is 26.0 Å². The molecule has 1 aromatic carbocycles. The second kappa shape index (κ2) is 6.52. The summed E-state index contributed by atoms with van der Waals surface area (Å²) in [6.45, 7) is 6.61. The first kappa shape index (κ1) is 14.5. The molecule has 0 amide bonds. The van der Waals surface area contributed by atoms with Crippen molar-refractivity contribution in [1.29, 1.82) is 0 Å². The minimum atomic E-state index is 0.473. The van der Waals surface area contributed by atoms with Crippen LogP contribution in [0.5, 0.6) is 0 Å². The van der Waals surface area contributed by atoms with Gasteiger partial charge in [-0.25, -0.2) is 9.97 Å². The van der Waals surface area contributed by atoms with Crippen molar-refractivity contribution < 1.29 is 4.74 Å². The van der Waals surface area contributed by atoms with Crippen LogP contribution in [-0.4, -0.2) is 36.8 Å². The normalized spacial score (nSPS) is 11.2. The zero-order valence-electron chi connectivity index (χ0n) is 12.3. The molecule has 0 bridgehead atoms. The number of ether oxygens (including phenoxy) is 1. The fraction of sp³-hybridized carbons (Fsp3) is 0.467. The molecule has 2 N–H and O–H groups in total. The van der Waals surface area contributed by atoms with Gasteiger partial charge in [0.2, 0.25) is 0 Å². The lowest BCUT2D eigenvalue weighted by molar-refractivity contribution is 0.204. The SMILES string of the molecule is COCCN(CC(C)C)c1nc2ccccc2nc1N. The molecule has 0 atom stereocenters. The number of nitrogens with zero attached hydrogens (tertiary/aromatic N) is 3. The van der Waals surface area contributed by atoms with Crippen LogP contribution >= 0.6 is 0 Å². The van der Waals surface area contributed by atoms with Gasteiger partial charge in [-0.3, -0.25) is 0 Å². The van der Waals surface area contributed by atoms with Gasteiger partial charge >= 0.3 is 0 Å². The quantitative estimate of drug-likeness (QED) is 0.875. The number of anilines is 2. The van der Waals surface area contributed by atoms with Crippen molar-refractivity contribution in [1.82, 2.24) is 9.97 Å². The Kier molecular flexibility index (Phi) is 4.74. The van der Waals surface area contributed by atoms with E-state index in [0.717, 1.165) is 29.9 Å². The monoisotopic (exact) mass is 274 g/mol. The van der Waals surface area contributed by atoms with Gasteiger partial charge in [0, 0.05) is 20.2 Å². The molecule has 108 valence electrons. The summed E-state index contributed by atoms with van der Waals surface area (Å²) in [6, 6.07) is 7.77. The topological polar surface area (TPSA) is 64.3 Å². The van der Waals surface area contributed by atoms with Crippen LogP contribution in [-0.2, 0) is 4.74 Å². The van der Waals surface area contributed by atoms with E-state index in [4.69, 9.17) is 10.5 Å². The molecular formula is C15H22N4O. The Hall–Kier alpha value is -1.88. The number of para-hydroxylation sites is 2. The molecule has 0 radical (unpaired) electrons. The number of methoxy groups -OCH3 is 1. The van der Waals surface area contributed by atoms with Crippen LogP contribution in [0.4, 0.5) is 11.6 Å². The van der Waals surface area contributed by atoms with E-state index in [1.54, 1.807) is 7.11 Å². The van der Waals surface area contributed by atoms with E-state index < -0.39 is 0 Å². The maximum Gasteiger partial charge on any atom is 0.172 e. The summed E-state index contributed by atoms with van der Waals surface area (Å²) < 4.78 is 5.17. The number of aromatic nitrogens is 2. The number of hydrogen-bond donors (Lipinski definition) is 1. The first-order valence-corrected chi connectivity index (χ1v) is 6.88. The van der Waals surface area contributed by atoms with E-state index in [9.17, 15) is 0 Å². The van der Waals surface area contributed by atoms with Crippen LogP contribution in [0.3, 0.4) is 0 Å². The summed E-state index contributed by atoms with van der Waals surface area (Å²) in [7, 11) is 1.70. The van der Waals surface area contributed by atoms with E-state index >= 15 is 0 Å². The minimum Gasteiger partial charge on any atom is -0.383 e. The standard InChI is InChI=1S/C15H22N4O/c1-11(2)10-19(8-9-20-3)15-14(16)17-12-6-4-5-7-13(12)18-15/h4-7,11H,8-10H2,1-3H3,(H2,16,17). The maximum atomic E-state index is 6.08. The molecule has 0 fully saturated rings. The molecule has 2 aromatic rings. The number of nitrogen functional groups attached to an aromatic ring is 1. The first-order chi connectivity index (χ1) is 9.61. The van der Waals surface area contributed by atoms with E-state index in [1.807, 2.05) is 24.3 Å². The molecule has 0 aliphatic heterocycles. The van der Waals surface area contributed by atoms with Crippen LogP contribution in [0.15, 0.2) is 24.3 Å². The molecule has 1 heterocycles. The summed E-state index contributed by atoms with van der Waals surface area (Å²) in [4.78, 5) is 11.3. The lowest BCUT2D eigenvalue weighted by atomic mass is 10.2. The van der Waals surface area contributed by atoms with Crippen molar-refractivity contribution in [2.75, 3.05) is 37.4 Å². The molecule has 1 aromatic heterocycles. The number of benzene rings is 1. The third-order valence-corrected chi connectivity index (χ3v) is 3.03. The van der Waals surface area contributed by atoms with Crippen molar-refractivity contribution in [2.24, 2.45) is 5.92 Å². The average molecular weight is 274 g/mol.